The Kier molecular flexibility index (Phi) is 18.3. The standard InChI is InChI=1S/C50H72N2O10Si/c1-14-22-34(3)49(7,8)42(29-21-27-40-38(60-40)25-16-18-30-44-51-35(32-57-44)46(54)56-11)61-47(55)36-33-58-45(52-36)31-19-17-24-37-39(59-37)26-20-28-41(53)50(9,10)43(23-15-2)62-63(12,13)48(4,5)6/h14-23,25-27,30,32-34,37-43,53H,24,28-29,31H2,1-13H3/b19-17-,22-14+,23-15+,25-16+,26-20-,27-21-,30-18-/t34-,37-,38-,39+,40+,41-,42-,43-/m0/s1. The van der Waals surface area contributed by atoms with Gasteiger partial charge in [-0.25, -0.2) is 19.6 Å². The summed E-state index contributed by atoms with van der Waals surface area (Å²) >= 11 is 0. The van der Waals surface area contributed by atoms with Gasteiger partial charge in [-0.1, -0.05) is 134 Å². The Balaban J connectivity index is 1.24. The first-order valence-electron chi connectivity index (χ1n) is 22.1. The summed E-state index contributed by atoms with van der Waals surface area (Å²) in [4.78, 5) is 33.5. The van der Waals surface area contributed by atoms with Crippen LogP contribution >= 0.6 is 0 Å². The summed E-state index contributed by atoms with van der Waals surface area (Å²) < 4.78 is 40.1. The molecule has 2 aromatic rings. The van der Waals surface area contributed by atoms with E-state index in [9.17, 15) is 14.7 Å². The van der Waals surface area contributed by atoms with Crippen molar-refractivity contribution < 1.29 is 46.9 Å². The molecule has 12 nitrogen and oxygen atoms in total. The highest BCUT2D eigenvalue weighted by atomic mass is 28.4. The number of allylic oxidation sites excluding steroid dienone is 6. The van der Waals surface area contributed by atoms with Gasteiger partial charge in [-0.15, -0.1) is 0 Å². The van der Waals surface area contributed by atoms with E-state index in [-0.39, 0.29) is 58.8 Å². The predicted octanol–water partition coefficient (Wildman–Crippen LogP) is 10.8. The van der Waals surface area contributed by atoms with Crippen LogP contribution in [0.15, 0.2) is 100 Å². The van der Waals surface area contributed by atoms with Gasteiger partial charge in [-0.05, 0) is 50.7 Å². The Morgan fingerprint density at radius 2 is 1.46 bits per heavy atom. The van der Waals surface area contributed by atoms with Crippen LogP contribution in [-0.4, -0.2) is 85.2 Å². The van der Waals surface area contributed by atoms with Crippen molar-refractivity contribution >= 4 is 26.3 Å². The van der Waals surface area contributed by atoms with Crippen molar-refractivity contribution in [2.24, 2.45) is 16.7 Å². The minimum Gasteiger partial charge on any atom is -0.464 e. The first-order valence-corrected chi connectivity index (χ1v) is 25.0. The molecule has 0 unspecified atom stereocenters. The van der Waals surface area contributed by atoms with E-state index in [1.807, 2.05) is 74.6 Å². The van der Waals surface area contributed by atoms with Crippen LogP contribution in [0.1, 0.15) is 121 Å². The lowest BCUT2D eigenvalue weighted by Crippen LogP contribution is -2.50. The minimum atomic E-state index is -2.04. The monoisotopic (exact) mass is 888 g/mol. The summed E-state index contributed by atoms with van der Waals surface area (Å²) in [5.74, 6) is -0.272. The molecule has 0 aliphatic carbocycles. The van der Waals surface area contributed by atoms with Crippen molar-refractivity contribution in [3.63, 3.8) is 0 Å². The fourth-order valence-corrected chi connectivity index (χ4v) is 7.92. The maximum Gasteiger partial charge on any atom is 0.360 e. The number of aliphatic hydroxyl groups excluding tert-OH is 1. The second-order valence-corrected chi connectivity index (χ2v) is 23.8. The fraction of sp³-hybridized carbons (Fsp3) is 0.560. The van der Waals surface area contributed by atoms with Gasteiger partial charge in [0, 0.05) is 29.7 Å². The minimum absolute atomic E-state index is 0.00529. The number of epoxide rings is 2. The number of oxazole rings is 2. The third kappa shape index (κ3) is 14.8. The van der Waals surface area contributed by atoms with Gasteiger partial charge in [0.25, 0.3) is 0 Å². The molecule has 2 fully saturated rings. The summed E-state index contributed by atoms with van der Waals surface area (Å²) in [6.07, 6.45) is 30.8. The Hall–Kier alpha value is -4.40. The molecule has 346 valence electrons. The van der Waals surface area contributed by atoms with Crippen molar-refractivity contribution in [2.45, 2.75) is 156 Å². The Morgan fingerprint density at radius 1 is 0.810 bits per heavy atom. The summed E-state index contributed by atoms with van der Waals surface area (Å²) in [6.45, 7) is 25.6. The number of aromatic nitrogens is 2. The molecule has 0 bridgehead atoms. The molecular weight excluding hydrogens is 817 g/mol. The SMILES string of the molecule is C/C=C/[C@H](O[Si](C)(C)C(C)(C)C)C(C)(C)[C@@H](O)C/C=C\[C@H]1O[C@H]1C/C=C\Cc1nc(C(=O)O[C@@H](C/C=C\[C@H]2O[C@H]2/C=C/C=C\c2nc(C(=O)OC)co2)C(C)(C)[C@@H](C)/C=C/C)co1. The van der Waals surface area contributed by atoms with Gasteiger partial charge >= 0.3 is 11.9 Å². The zero-order valence-corrected chi connectivity index (χ0v) is 40.7. The number of hydrogen-bond acceptors (Lipinski definition) is 12. The Bertz CT molecular complexity index is 2010. The van der Waals surface area contributed by atoms with E-state index in [1.54, 1.807) is 12.2 Å². The highest BCUT2D eigenvalue weighted by Gasteiger charge is 2.44. The van der Waals surface area contributed by atoms with Gasteiger partial charge in [0.05, 0.1) is 25.4 Å². The van der Waals surface area contributed by atoms with Crippen molar-refractivity contribution in [1.82, 2.24) is 9.97 Å². The van der Waals surface area contributed by atoms with E-state index in [0.29, 0.717) is 25.2 Å². The number of nitrogens with zero attached hydrogens (tertiary/aromatic N) is 2. The smallest absolute Gasteiger partial charge is 0.360 e. The van der Waals surface area contributed by atoms with Crippen LogP contribution in [0.4, 0.5) is 0 Å². The quantitative estimate of drug-likeness (QED) is 0.0350. The third-order valence-electron chi connectivity index (χ3n) is 12.6. The maximum atomic E-state index is 13.4. The molecule has 2 aliphatic heterocycles. The zero-order valence-electron chi connectivity index (χ0n) is 39.7. The third-order valence-corrected chi connectivity index (χ3v) is 17.1. The summed E-state index contributed by atoms with van der Waals surface area (Å²) in [5, 5.41) is 11.3. The molecule has 8 atom stereocenters. The molecule has 4 rings (SSSR count). The van der Waals surface area contributed by atoms with Crippen molar-refractivity contribution in [2.75, 3.05) is 7.11 Å². The van der Waals surface area contributed by atoms with E-state index >= 15 is 0 Å². The van der Waals surface area contributed by atoms with E-state index in [2.05, 4.69) is 95.3 Å². The van der Waals surface area contributed by atoms with E-state index in [0.717, 1.165) is 6.42 Å². The number of rotatable bonds is 24. The van der Waals surface area contributed by atoms with Crippen LogP contribution in [-0.2, 0) is 29.8 Å². The molecule has 1 N–H and O–H groups in total. The van der Waals surface area contributed by atoms with E-state index < -0.39 is 43.3 Å². The largest absolute Gasteiger partial charge is 0.464 e. The summed E-state index contributed by atoms with van der Waals surface area (Å²) in [6, 6.07) is 0. The average Bonchev–Trinajstić information content (AvgIpc) is 4.02. The van der Waals surface area contributed by atoms with Gasteiger partial charge in [0.15, 0.2) is 25.6 Å². The molecule has 2 aliphatic rings. The van der Waals surface area contributed by atoms with E-state index in [4.69, 9.17) is 27.5 Å². The molecule has 2 aromatic heterocycles. The van der Waals surface area contributed by atoms with Crippen LogP contribution in [0.2, 0.25) is 18.1 Å². The van der Waals surface area contributed by atoms with Crippen LogP contribution in [0, 0.1) is 16.7 Å². The molecule has 0 amide bonds. The number of carbonyl (C=O) groups excluding carboxylic acids is 2. The van der Waals surface area contributed by atoms with Crippen LogP contribution in [0.25, 0.3) is 6.08 Å². The lowest BCUT2D eigenvalue weighted by atomic mass is 9.74. The number of methoxy groups -OCH3 is 1. The molecule has 13 heteroatoms. The molecule has 4 heterocycles. The van der Waals surface area contributed by atoms with Gasteiger partial charge < -0.3 is 37.3 Å². The maximum absolute atomic E-state index is 13.4. The number of aliphatic hydroxyl groups is 1. The van der Waals surface area contributed by atoms with Gasteiger partial charge in [0.2, 0.25) is 5.89 Å². The second kappa shape index (κ2) is 22.5. The van der Waals surface area contributed by atoms with Crippen molar-refractivity contribution in [3.8, 4) is 0 Å². The van der Waals surface area contributed by atoms with Gasteiger partial charge in [-0.2, -0.15) is 0 Å². The first kappa shape index (κ1) is 51.2. The molecule has 0 saturated carbocycles. The lowest BCUT2D eigenvalue weighted by molar-refractivity contribution is -0.0186. The first-order chi connectivity index (χ1) is 29.6. The van der Waals surface area contributed by atoms with E-state index in [1.165, 1.54) is 19.6 Å². The van der Waals surface area contributed by atoms with Gasteiger partial charge in [0.1, 0.15) is 36.9 Å². The lowest BCUT2D eigenvalue weighted by Gasteiger charge is -2.44. The second-order valence-electron chi connectivity index (χ2n) is 19.1. The average molecular weight is 889 g/mol. The molecular formula is C50H72N2O10Si. The highest BCUT2D eigenvalue weighted by Crippen LogP contribution is 2.42. The summed E-state index contributed by atoms with van der Waals surface area (Å²) in [5.41, 5.74) is -0.642. The molecule has 63 heavy (non-hydrogen) atoms. The molecule has 0 spiro atoms. The number of carbonyl (C=O) groups is 2. The normalized spacial score (nSPS) is 22.1. The molecule has 0 radical (unpaired) electrons. The zero-order chi connectivity index (χ0) is 46.6. The van der Waals surface area contributed by atoms with Crippen molar-refractivity contribution in [3.05, 3.63) is 115 Å². The Morgan fingerprint density at radius 3 is 2.14 bits per heavy atom. The van der Waals surface area contributed by atoms with Crippen molar-refractivity contribution in [1.29, 1.82) is 0 Å². The predicted molar refractivity (Wildman–Crippen MR) is 248 cm³/mol. The van der Waals surface area contributed by atoms with Crippen LogP contribution < -0.4 is 0 Å². The summed E-state index contributed by atoms with van der Waals surface area (Å²) in [7, 11) is -0.759. The van der Waals surface area contributed by atoms with Gasteiger partial charge in [-0.3, -0.25) is 0 Å². The highest BCUT2D eigenvalue weighted by molar-refractivity contribution is 6.74. The molecule has 0 aromatic carbocycles. The number of hydrogen-bond donors (Lipinski definition) is 1. The topological polar surface area (TPSA) is 159 Å². The number of esters is 2. The molecule has 2 saturated heterocycles. The number of ether oxygens (including phenoxy) is 4. The van der Waals surface area contributed by atoms with Crippen LogP contribution in [0.3, 0.4) is 0 Å². The fourth-order valence-electron chi connectivity index (χ4n) is 6.55. The Labute approximate surface area is 376 Å². The van der Waals surface area contributed by atoms with Crippen LogP contribution in [0.5, 0.6) is 0 Å².